The monoisotopic (exact) mass is 278 g/mol. The molecule has 0 bridgehead atoms. The highest BCUT2D eigenvalue weighted by Gasteiger charge is 2.37. The molecule has 0 atom stereocenters. The smallest absolute Gasteiger partial charge is 0.384 e. The van der Waals surface area contributed by atoms with Crippen LogP contribution in [-0.2, 0) is 4.79 Å². The second-order valence-corrected chi connectivity index (χ2v) is 4.50. The van der Waals surface area contributed by atoms with Gasteiger partial charge in [-0.3, -0.25) is 9.69 Å². The van der Waals surface area contributed by atoms with Gasteiger partial charge < -0.3 is 9.62 Å². The van der Waals surface area contributed by atoms with Crippen LogP contribution in [0.1, 0.15) is 19.6 Å². The van der Waals surface area contributed by atoms with Crippen molar-refractivity contribution in [2.45, 2.75) is 19.9 Å². The van der Waals surface area contributed by atoms with Crippen LogP contribution in [0.2, 0.25) is 0 Å². The van der Waals surface area contributed by atoms with Crippen LogP contribution in [0.5, 0.6) is 0 Å². The number of imide groups is 1. The molecule has 0 radical (unpaired) electrons. The van der Waals surface area contributed by atoms with E-state index in [1.807, 2.05) is 0 Å². The average Bonchev–Trinajstić information content (AvgIpc) is 2.92. The van der Waals surface area contributed by atoms with Crippen molar-refractivity contribution in [3.63, 3.8) is 0 Å². The first kappa shape index (κ1) is 13.8. The third kappa shape index (κ3) is 2.53. The Hall–Kier alpha value is -2.64. The van der Waals surface area contributed by atoms with Gasteiger partial charge in [0.25, 0.3) is 5.91 Å². The Morgan fingerprint density at radius 3 is 2.70 bits per heavy atom. The number of carbonyl (C=O) groups excluding carboxylic acids is 2. The zero-order chi connectivity index (χ0) is 14.9. The minimum absolute atomic E-state index is 0.0269. The van der Waals surface area contributed by atoms with Crippen molar-refractivity contribution in [3.8, 4) is 0 Å². The summed E-state index contributed by atoms with van der Waals surface area (Å²) < 4.78 is 5.43. The number of urea groups is 1. The van der Waals surface area contributed by atoms with Crippen LogP contribution in [0.25, 0.3) is 0 Å². The lowest BCUT2D eigenvalue weighted by Crippen LogP contribution is -2.37. The summed E-state index contributed by atoms with van der Waals surface area (Å²) in [5.74, 6) is 0.0117. The van der Waals surface area contributed by atoms with Crippen LogP contribution in [-0.4, -0.2) is 52.1 Å². The number of rotatable bonds is 4. The largest absolute Gasteiger partial charge is 0.616 e. The molecule has 1 saturated heterocycles. The van der Waals surface area contributed by atoms with Crippen molar-refractivity contribution < 1.29 is 18.7 Å². The van der Waals surface area contributed by atoms with Gasteiger partial charge in [-0.15, -0.1) is 4.74 Å². The highest BCUT2D eigenvalue weighted by Crippen LogP contribution is 2.16. The van der Waals surface area contributed by atoms with Gasteiger partial charge in [-0.25, -0.2) is 9.80 Å². The lowest BCUT2D eigenvalue weighted by Gasteiger charge is -2.17. The van der Waals surface area contributed by atoms with E-state index < -0.39 is 6.03 Å². The lowest BCUT2D eigenvalue weighted by molar-refractivity contribution is -0.368. The van der Waals surface area contributed by atoms with E-state index in [1.165, 1.54) is 18.3 Å². The predicted molar refractivity (Wildman–Crippen MR) is 70.8 cm³/mol. The molecule has 1 aliphatic rings. The maximum Gasteiger partial charge on any atom is 0.384 e. The number of amides is 3. The number of hydrogen-bond donors (Lipinski definition) is 0. The van der Waals surface area contributed by atoms with Crippen LogP contribution in [0.3, 0.4) is 0 Å². The van der Waals surface area contributed by atoms with E-state index in [0.717, 1.165) is 9.91 Å². The average molecular weight is 278 g/mol. The van der Waals surface area contributed by atoms with E-state index in [0.29, 0.717) is 4.74 Å². The van der Waals surface area contributed by atoms with E-state index in [1.54, 1.807) is 13.8 Å². The molecular formula is C12H14N4O4. The van der Waals surface area contributed by atoms with Crippen molar-refractivity contribution in [1.29, 1.82) is 0 Å². The van der Waals surface area contributed by atoms with Crippen LogP contribution in [0.15, 0.2) is 21.7 Å². The van der Waals surface area contributed by atoms with Crippen molar-refractivity contribution in [2.24, 2.45) is 5.10 Å². The standard InChI is InChI=1S/C12H14N4O4/c1-8(2)16-10(17)7-15(12(16)18)13-6-9-4-5-11(20-9)14(3)19/h4-6,8H,3,7H2,1-2H3/b13-6+. The zero-order valence-corrected chi connectivity index (χ0v) is 11.1. The van der Waals surface area contributed by atoms with E-state index >= 15 is 0 Å². The van der Waals surface area contributed by atoms with E-state index in [4.69, 9.17) is 4.42 Å². The van der Waals surface area contributed by atoms with Crippen LogP contribution < -0.4 is 0 Å². The van der Waals surface area contributed by atoms with Gasteiger partial charge in [0.1, 0.15) is 13.3 Å². The maximum atomic E-state index is 11.9. The fourth-order valence-corrected chi connectivity index (χ4v) is 1.77. The summed E-state index contributed by atoms with van der Waals surface area (Å²) in [6, 6.07) is 2.25. The number of carbonyl (C=O) groups is 2. The van der Waals surface area contributed by atoms with Gasteiger partial charge in [0.2, 0.25) is 0 Å². The quantitative estimate of drug-likeness (QED) is 0.271. The Balaban J connectivity index is 2.10. The van der Waals surface area contributed by atoms with Gasteiger partial charge in [0.05, 0.1) is 12.3 Å². The number of hydrogen-bond acceptors (Lipinski definition) is 5. The van der Waals surface area contributed by atoms with E-state index in [-0.39, 0.29) is 30.1 Å². The number of furan rings is 1. The molecule has 8 heteroatoms. The van der Waals surface area contributed by atoms with Gasteiger partial charge in [0.15, 0.2) is 5.76 Å². The van der Waals surface area contributed by atoms with E-state index in [9.17, 15) is 14.8 Å². The second-order valence-electron chi connectivity index (χ2n) is 4.50. The molecule has 8 nitrogen and oxygen atoms in total. The predicted octanol–water partition coefficient (Wildman–Crippen LogP) is 1.13. The van der Waals surface area contributed by atoms with Gasteiger partial charge in [-0.2, -0.15) is 5.10 Å². The molecule has 0 aliphatic carbocycles. The normalized spacial score (nSPS) is 15.9. The Bertz CT molecular complexity index is 590. The molecule has 0 N–H and O–H groups in total. The molecule has 1 aliphatic heterocycles. The molecule has 1 fully saturated rings. The third-order valence-electron chi connectivity index (χ3n) is 2.68. The summed E-state index contributed by atoms with van der Waals surface area (Å²) >= 11 is 0. The summed E-state index contributed by atoms with van der Waals surface area (Å²) in [6.07, 6.45) is 1.27. The SMILES string of the molecule is C=[N+]([O-])c1ccc(/C=N/N2CC(=O)N(C(C)C)C2=O)o1. The number of hydrazone groups is 1. The Kier molecular flexibility index (Phi) is 3.55. The van der Waals surface area contributed by atoms with Crippen LogP contribution in [0, 0.1) is 5.21 Å². The zero-order valence-electron chi connectivity index (χ0n) is 11.1. The Morgan fingerprint density at radius 1 is 1.50 bits per heavy atom. The van der Waals surface area contributed by atoms with E-state index in [2.05, 4.69) is 11.8 Å². The van der Waals surface area contributed by atoms with Crippen molar-refractivity contribution in [3.05, 3.63) is 23.1 Å². The molecule has 1 aromatic rings. The van der Waals surface area contributed by atoms with Crippen molar-refractivity contribution in [2.75, 3.05) is 6.54 Å². The summed E-state index contributed by atoms with van der Waals surface area (Å²) in [6.45, 7) is 6.53. The minimum atomic E-state index is -0.476. The molecule has 0 saturated carbocycles. The fourth-order valence-electron chi connectivity index (χ4n) is 1.77. The molecule has 2 rings (SSSR count). The first-order chi connectivity index (χ1) is 9.40. The Labute approximate surface area is 115 Å². The van der Waals surface area contributed by atoms with Crippen LogP contribution >= 0.6 is 0 Å². The summed E-state index contributed by atoms with van der Waals surface area (Å²) in [5, 5.41) is 15.8. The highest BCUT2D eigenvalue weighted by atomic mass is 16.5. The molecular weight excluding hydrogens is 264 g/mol. The summed E-state index contributed by atoms with van der Waals surface area (Å²) in [5.41, 5.74) is 0. The molecule has 0 spiro atoms. The molecule has 1 aromatic heterocycles. The summed E-state index contributed by atoms with van der Waals surface area (Å²) in [4.78, 5) is 24.7. The van der Waals surface area contributed by atoms with Gasteiger partial charge in [-0.1, -0.05) is 0 Å². The summed E-state index contributed by atoms with van der Waals surface area (Å²) in [7, 11) is 0. The van der Waals surface area contributed by atoms with Crippen molar-refractivity contribution >= 4 is 30.8 Å². The first-order valence-corrected chi connectivity index (χ1v) is 5.95. The number of nitrogens with zero attached hydrogens (tertiary/aromatic N) is 4. The van der Waals surface area contributed by atoms with Crippen LogP contribution in [0.4, 0.5) is 10.7 Å². The molecule has 3 amide bonds. The molecule has 20 heavy (non-hydrogen) atoms. The third-order valence-corrected chi connectivity index (χ3v) is 2.68. The minimum Gasteiger partial charge on any atom is -0.616 e. The first-order valence-electron chi connectivity index (χ1n) is 5.95. The molecule has 0 unspecified atom stereocenters. The van der Waals surface area contributed by atoms with Gasteiger partial charge >= 0.3 is 11.9 Å². The second kappa shape index (κ2) is 5.16. The van der Waals surface area contributed by atoms with Gasteiger partial charge in [0, 0.05) is 6.04 Å². The lowest BCUT2D eigenvalue weighted by atomic mass is 10.3. The molecule has 106 valence electrons. The van der Waals surface area contributed by atoms with Gasteiger partial charge in [-0.05, 0) is 19.9 Å². The molecule has 0 aromatic carbocycles. The Morgan fingerprint density at radius 2 is 2.20 bits per heavy atom. The molecule has 2 heterocycles. The highest BCUT2D eigenvalue weighted by molar-refractivity contribution is 6.02. The maximum absolute atomic E-state index is 11.9. The topological polar surface area (TPSA) is 92.2 Å². The van der Waals surface area contributed by atoms with Crippen molar-refractivity contribution in [1.82, 2.24) is 9.91 Å². The fraction of sp³-hybridized carbons (Fsp3) is 0.333.